The predicted octanol–water partition coefficient (Wildman–Crippen LogP) is 0.505. The second-order valence-electron chi connectivity index (χ2n) is 10.1. The van der Waals surface area contributed by atoms with Crippen molar-refractivity contribution in [3.05, 3.63) is 0 Å². The number of nitrogens with zero attached hydrogens (tertiary/aromatic N) is 3. The Kier molecular flexibility index (Phi) is 27.0. The second-order valence-corrected chi connectivity index (χ2v) is 10.1. The van der Waals surface area contributed by atoms with E-state index in [2.05, 4.69) is 32.4 Å². The summed E-state index contributed by atoms with van der Waals surface area (Å²) in [5.41, 5.74) is 0. The van der Waals surface area contributed by atoms with Gasteiger partial charge in [-0.2, -0.15) is 0 Å². The summed E-state index contributed by atoms with van der Waals surface area (Å²) < 4.78 is 10.1. The van der Waals surface area contributed by atoms with Crippen molar-refractivity contribution in [2.24, 2.45) is 0 Å². The largest absolute Gasteiger partial charge is 0.378 e. The number of hydrogen-bond acceptors (Lipinski definition) is 11. The van der Waals surface area contributed by atoms with Gasteiger partial charge in [0.25, 0.3) is 0 Å². The third kappa shape index (κ3) is 27.7. The summed E-state index contributed by atoms with van der Waals surface area (Å²) in [6.07, 6.45) is 2.89. The van der Waals surface area contributed by atoms with Crippen LogP contribution in [0.4, 0.5) is 0 Å². The zero-order chi connectivity index (χ0) is 30.1. The molecule has 11 nitrogen and oxygen atoms in total. The summed E-state index contributed by atoms with van der Waals surface area (Å²) >= 11 is 0. The quantitative estimate of drug-likeness (QED) is 0.290. The molecular formula is C28H57N5O6. The number of ketones is 4. The fourth-order valence-corrected chi connectivity index (χ4v) is 3.66. The van der Waals surface area contributed by atoms with Gasteiger partial charge < -0.3 is 25.0 Å². The number of carbonyl (C=O) groups excluding carboxylic acids is 4. The van der Waals surface area contributed by atoms with E-state index in [9.17, 15) is 19.2 Å². The Morgan fingerprint density at radius 1 is 0.744 bits per heavy atom. The minimum absolute atomic E-state index is 0.0465. The van der Waals surface area contributed by atoms with Gasteiger partial charge >= 0.3 is 0 Å². The fraction of sp³-hybridized carbons (Fsp3) is 0.857. The van der Waals surface area contributed by atoms with Gasteiger partial charge in [0.15, 0.2) is 5.78 Å². The lowest BCUT2D eigenvalue weighted by Gasteiger charge is -2.31. The third-order valence-electron chi connectivity index (χ3n) is 5.93. The smallest absolute Gasteiger partial charge is 0.155 e. The van der Waals surface area contributed by atoms with Crippen LogP contribution in [0.5, 0.6) is 0 Å². The molecule has 0 spiro atoms. The first-order valence-corrected chi connectivity index (χ1v) is 14.0. The van der Waals surface area contributed by atoms with Gasteiger partial charge in [0.2, 0.25) is 0 Å². The van der Waals surface area contributed by atoms with Crippen molar-refractivity contribution >= 4 is 23.1 Å². The van der Waals surface area contributed by atoms with Crippen LogP contribution >= 0.6 is 0 Å². The molecule has 2 rings (SSSR count). The molecule has 0 radical (unpaired) electrons. The molecule has 2 aliphatic rings. The van der Waals surface area contributed by atoms with Crippen LogP contribution in [0.2, 0.25) is 0 Å². The van der Waals surface area contributed by atoms with Crippen molar-refractivity contribution in [3.63, 3.8) is 0 Å². The van der Waals surface area contributed by atoms with Crippen molar-refractivity contribution in [2.45, 2.75) is 53.0 Å². The summed E-state index contributed by atoms with van der Waals surface area (Å²) in [6, 6.07) is 0.227. The molecule has 0 bridgehead atoms. The van der Waals surface area contributed by atoms with Crippen molar-refractivity contribution in [1.29, 1.82) is 0 Å². The van der Waals surface area contributed by atoms with E-state index in [-0.39, 0.29) is 30.0 Å². The monoisotopic (exact) mass is 559 g/mol. The number of piperazine rings is 1. The summed E-state index contributed by atoms with van der Waals surface area (Å²) in [4.78, 5) is 48.7. The molecule has 2 aliphatic heterocycles. The Hall–Kier alpha value is -1.60. The summed E-state index contributed by atoms with van der Waals surface area (Å²) in [5, 5.41) is 5.84. The van der Waals surface area contributed by atoms with Crippen LogP contribution in [-0.4, -0.2) is 151 Å². The normalized spacial score (nSPS) is 17.6. The van der Waals surface area contributed by atoms with Crippen LogP contribution in [0.1, 0.15) is 47.0 Å². The first kappa shape index (κ1) is 39.5. The summed E-state index contributed by atoms with van der Waals surface area (Å²) in [5.74, 6) is 0.879. The maximum absolute atomic E-state index is 10.8. The topological polar surface area (TPSA) is 121 Å². The van der Waals surface area contributed by atoms with E-state index >= 15 is 0 Å². The molecule has 2 saturated heterocycles. The van der Waals surface area contributed by atoms with Crippen LogP contribution in [0, 0.1) is 0 Å². The van der Waals surface area contributed by atoms with E-state index in [0.29, 0.717) is 38.6 Å². The average Bonchev–Trinajstić information content (AvgIpc) is 3.30. The molecule has 0 amide bonds. The third-order valence-corrected chi connectivity index (χ3v) is 5.93. The number of likely N-dealkylation sites (N-methyl/N-ethyl adjacent to an activating group) is 3. The molecule has 2 fully saturated rings. The van der Waals surface area contributed by atoms with Crippen LogP contribution in [0.3, 0.4) is 0 Å². The molecule has 2 heterocycles. The minimum atomic E-state index is 0.0465. The van der Waals surface area contributed by atoms with Crippen molar-refractivity contribution < 1.29 is 28.7 Å². The van der Waals surface area contributed by atoms with Crippen molar-refractivity contribution in [2.75, 3.05) is 107 Å². The van der Waals surface area contributed by atoms with Crippen LogP contribution < -0.4 is 10.6 Å². The minimum Gasteiger partial charge on any atom is -0.378 e. The standard InChI is InChI=1S/C8H16N2O.C8H17NO3.C7H13NO.C5H11NO/c1-8(11)7-10-5-3-9(2)4-6-10;1-8(10)7-12-6-5-11-4-3-9-2;1-6(9)7-4-3-5-8(7)2;1-5(7)3-4-6-2/h3-7H2,1-2H3;9H,3-7H2,1-2H3;7H,3-5H2,1-2H3;6H,3-4H2,1-2H3/t;;7-;/m..1./s1. The SMILES string of the molecule is CC(=O)CN1CCN(C)CC1.CC(=O)[C@H]1CCCN1C.CNCCC(C)=O.CNCCOCCOCC(C)=O. The molecule has 39 heavy (non-hydrogen) atoms. The van der Waals surface area contributed by atoms with Crippen molar-refractivity contribution in [1.82, 2.24) is 25.3 Å². The summed E-state index contributed by atoms with van der Waals surface area (Å²) in [6.45, 7) is 15.9. The van der Waals surface area contributed by atoms with Crippen LogP contribution in [0.25, 0.3) is 0 Å². The van der Waals surface area contributed by atoms with E-state index in [1.54, 1.807) is 20.8 Å². The van der Waals surface area contributed by atoms with Crippen LogP contribution in [-0.2, 0) is 28.7 Å². The highest BCUT2D eigenvalue weighted by Crippen LogP contribution is 2.14. The Morgan fingerprint density at radius 2 is 1.33 bits per heavy atom. The lowest BCUT2D eigenvalue weighted by molar-refractivity contribution is -0.122. The van der Waals surface area contributed by atoms with Gasteiger partial charge in [0.1, 0.15) is 24.0 Å². The molecule has 2 N–H and O–H groups in total. The maximum atomic E-state index is 10.8. The number of hydrogen-bond donors (Lipinski definition) is 2. The Bertz CT molecular complexity index is 656. The Balaban J connectivity index is 0. The van der Waals surface area contributed by atoms with E-state index in [0.717, 1.165) is 52.2 Å². The van der Waals surface area contributed by atoms with E-state index in [1.807, 2.05) is 21.1 Å². The van der Waals surface area contributed by atoms with Gasteiger partial charge in [-0.15, -0.1) is 0 Å². The van der Waals surface area contributed by atoms with E-state index < -0.39 is 0 Å². The lowest BCUT2D eigenvalue weighted by atomic mass is 10.1. The Morgan fingerprint density at radius 3 is 1.72 bits per heavy atom. The predicted molar refractivity (Wildman–Crippen MR) is 156 cm³/mol. The number of nitrogens with one attached hydrogen (secondary N) is 2. The number of rotatable bonds is 14. The molecule has 230 valence electrons. The fourth-order valence-electron chi connectivity index (χ4n) is 3.66. The molecule has 11 heteroatoms. The number of Topliss-reactive ketones (excluding diaryl/α,β-unsaturated/α-hetero) is 4. The van der Waals surface area contributed by atoms with Gasteiger partial charge in [0.05, 0.1) is 32.4 Å². The molecule has 0 unspecified atom stereocenters. The molecule has 1 atom stereocenters. The van der Waals surface area contributed by atoms with E-state index in [4.69, 9.17) is 9.47 Å². The average molecular weight is 560 g/mol. The zero-order valence-corrected chi connectivity index (χ0v) is 26.0. The van der Waals surface area contributed by atoms with Gasteiger partial charge in [-0.25, -0.2) is 0 Å². The molecule has 0 saturated carbocycles. The number of likely N-dealkylation sites (tertiary alicyclic amines) is 1. The van der Waals surface area contributed by atoms with Gasteiger partial charge in [0, 0.05) is 45.7 Å². The zero-order valence-electron chi connectivity index (χ0n) is 26.0. The van der Waals surface area contributed by atoms with Crippen LogP contribution in [0.15, 0.2) is 0 Å². The van der Waals surface area contributed by atoms with Gasteiger partial charge in [-0.3, -0.25) is 29.0 Å². The van der Waals surface area contributed by atoms with Crippen molar-refractivity contribution in [3.8, 4) is 0 Å². The maximum Gasteiger partial charge on any atom is 0.155 e. The Labute approximate surface area is 237 Å². The highest BCUT2D eigenvalue weighted by atomic mass is 16.5. The van der Waals surface area contributed by atoms with Gasteiger partial charge in [-0.05, 0) is 75.3 Å². The lowest BCUT2D eigenvalue weighted by Crippen LogP contribution is -2.45. The molecular weight excluding hydrogens is 502 g/mol. The first-order chi connectivity index (χ1) is 18.4. The molecule has 0 aromatic carbocycles. The number of carbonyl (C=O) groups is 4. The molecule has 0 aromatic heterocycles. The molecule has 0 aromatic rings. The highest BCUT2D eigenvalue weighted by Gasteiger charge is 2.24. The highest BCUT2D eigenvalue weighted by molar-refractivity contribution is 5.81. The first-order valence-electron chi connectivity index (χ1n) is 14.0. The summed E-state index contributed by atoms with van der Waals surface area (Å²) in [7, 11) is 7.84. The number of ether oxygens (including phenoxy) is 2. The van der Waals surface area contributed by atoms with E-state index in [1.165, 1.54) is 13.3 Å². The molecule has 0 aliphatic carbocycles. The second kappa shape index (κ2) is 26.6. The van der Waals surface area contributed by atoms with Gasteiger partial charge in [-0.1, -0.05) is 0 Å².